The molecule has 20 heavy (non-hydrogen) atoms. The Morgan fingerprint density at radius 3 is 2.35 bits per heavy atom. The maximum atomic E-state index is 12.7. The van der Waals surface area contributed by atoms with E-state index in [-0.39, 0.29) is 0 Å². The molecule has 1 aromatic carbocycles. The predicted octanol–water partition coefficient (Wildman–Crippen LogP) is 1.85. The van der Waals surface area contributed by atoms with Crippen LogP contribution in [0.1, 0.15) is 24.8 Å². The van der Waals surface area contributed by atoms with Crippen LogP contribution in [-0.2, 0) is 16.8 Å². The predicted molar refractivity (Wildman–Crippen MR) is 77.1 cm³/mol. The summed E-state index contributed by atoms with van der Waals surface area (Å²) in [5.41, 5.74) is 1.04. The van der Waals surface area contributed by atoms with E-state index >= 15 is 0 Å². The summed E-state index contributed by atoms with van der Waals surface area (Å²) in [4.78, 5) is 0. The van der Waals surface area contributed by atoms with Crippen molar-refractivity contribution >= 4 is 10.2 Å². The molecule has 4 nitrogen and oxygen atoms in total. The Morgan fingerprint density at radius 2 is 1.75 bits per heavy atom. The molecule has 1 saturated heterocycles. The van der Waals surface area contributed by atoms with Crippen LogP contribution in [0.2, 0.25) is 0 Å². The molecule has 5 atom stereocenters. The number of fused-ring (bicyclic) bond motifs is 5. The standard InChI is InChI=1S/C15H20N2O2S/c1-16(10-11-5-3-2-4-6-11)20(18,19)17-14-12-7-8-13(9-12)15(14)17/h2-6,12-15H,7-10H2,1H3/t12-,13-,14-,15+,17?/m0/s1. The van der Waals surface area contributed by atoms with E-state index in [1.165, 1.54) is 23.6 Å². The highest BCUT2D eigenvalue weighted by Gasteiger charge is 2.68. The molecule has 1 aromatic rings. The monoisotopic (exact) mass is 292 g/mol. The third kappa shape index (κ3) is 1.76. The van der Waals surface area contributed by atoms with E-state index in [0.29, 0.717) is 30.5 Å². The number of benzene rings is 1. The molecule has 1 aliphatic heterocycles. The number of nitrogens with zero attached hydrogens (tertiary/aromatic N) is 2. The summed E-state index contributed by atoms with van der Waals surface area (Å²) < 4.78 is 28.6. The van der Waals surface area contributed by atoms with Gasteiger partial charge in [0.25, 0.3) is 10.2 Å². The Balaban J connectivity index is 1.51. The van der Waals surface area contributed by atoms with Gasteiger partial charge in [-0.3, -0.25) is 0 Å². The first-order valence-corrected chi connectivity index (χ1v) is 8.77. The molecule has 0 amide bonds. The van der Waals surface area contributed by atoms with Gasteiger partial charge in [0.2, 0.25) is 0 Å². The summed E-state index contributed by atoms with van der Waals surface area (Å²) in [5.74, 6) is 1.26. The summed E-state index contributed by atoms with van der Waals surface area (Å²) in [6.07, 6.45) is 3.70. The van der Waals surface area contributed by atoms with Crippen LogP contribution in [0, 0.1) is 11.8 Å². The Morgan fingerprint density at radius 1 is 1.15 bits per heavy atom. The second-order valence-corrected chi connectivity index (χ2v) is 8.33. The molecule has 1 unspecified atom stereocenters. The molecule has 2 saturated carbocycles. The topological polar surface area (TPSA) is 40.4 Å². The van der Waals surface area contributed by atoms with Crippen molar-refractivity contribution in [2.45, 2.75) is 37.9 Å². The van der Waals surface area contributed by atoms with Crippen LogP contribution in [0.5, 0.6) is 0 Å². The number of piperidine rings is 1. The van der Waals surface area contributed by atoms with Gasteiger partial charge in [0.15, 0.2) is 0 Å². The first-order valence-electron chi connectivity index (χ1n) is 7.38. The smallest absolute Gasteiger partial charge is 0.195 e. The van der Waals surface area contributed by atoms with Crippen molar-refractivity contribution in [3.8, 4) is 0 Å². The zero-order valence-electron chi connectivity index (χ0n) is 11.6. The van der Waals surface area contributed by atoms with Gasteiger partial charge in [0.1, 0.15) is 0 Å². The summed E-state index contributed by atoms with van der Waals surface area (Å²) in [7, 11) is -1.59. The maximum Gasteiger partial charge on any atom is 0.282 e. The molecule has 0 spiro atoms. The molecule has 0 aromatic heterocycles. The Bertz CT molecular complexity index is 600. The van der Waals surface area contributed by atoms with Crippen LogP contribution in [0.4, 0.5) is 0 Å². The van der Waals surface area contributed by atoms with Gasteiger partial charge in [-0.15, -0.1) is 0 Å². The number of hydrogen-bond donors (Lipinski definition) is 0. The molecule has 3 fully saturated rings. The largest absolute Gasteiger partial charge is 0.282 e. The number of rotatable bonds is 4. The number of hydrogen-bond acceptors (Lipinski definition) is 2. The van der Waals surface area contributed by atoms with Crippen LogP contribution in [-0.4, -0.2) is 36.2 Å². The lowest BCUT2D eigenvalue weighted by atomic mass is 10.0. The third-order valence-corrected chi connectivity index (χ3v) is 7.17. The van der Waals surface area contributed by atoms with E-state index in [4.69, 9.17) is 0 Å². The maximum absolute atomic E-state index is 12.7. The van der Waals surface area contributed by atoms with E-state index in [1.54, 1.807) is 11.4 Å². The molecular weight excluding hydrogens is 272 g/mol. The van der Waals surface area contributed by atoms with Crippen LogP contribution in [0.15, 0.2) is 30.3 Å². The van der Waals surface area contributed by atoms with Gasteiger partial charge >= 0.3 is 0 Å². The average Bonchev–Trinajstić information content (AvgIpc) is 2.92. The minimum Gasteiger partial charge on any atom is -0.195 e. The van der Waals surface area contributed by atoms with Crippen molar-refractivity contribution in [3.05, 3.63) is 35.9 Å². The van der Waals surface area contributed by atoms with E-state index in [2.05, 4.69) is 0 Å². The molecule has 108 valence electrons. The van der Waals surface area contributed by atoms with Gasteiger partial charge in [0.05, 0.1) is 0 Å². The van der Waals surface area contributed by atoms with Crippen LogP contribution in [0.25, 0.3) is 0 Å². The summed E-state index contributed by atoms with van der Waals surface area (Å²) in [6.45, 7) is 0.453. The van der Waals surface area contributed by atoms with Crippen molar-refractivity contribution in [1.82, 2.24) is 8.61 Å². The van der Waals surface area contributed by atoms with E-state index in [0.717, 1.165) is 5.56 Å². The van der Waals surface area contributed by atoms with Gasteiger partial charge in [-0.2, -0.15) is 17.0 Å². The van der Waals surface area contributed by atoms with Gasteiger partial charge in [0, 0.05) is 25.7 Å². The Labute approximate surface area is 120 Å². The fraction of sp³-hybridized carbons (Fsp3) is 0.600. The molecule has 3 aliphatic rings. The zero-order chi connectivity index (χ0) is 13.9. The second kappa shape index (κ2) is 4.29. The lowest BCUT2D eigenvalue weighted by molar-refractivity contribution is 0.392. The molecule has 2 aliphatic carbocycles. The quantitative estimate of drug-likeness (QED) is 0.795. The summed E-state index contributed by atoms with van der Waals surface area (Å²) in [6, 6.07) is 10.4. The lowest BCUT2D eigenvalue weighted by Crippen LogP contribution is -2.35. The SMILES string of the molecule is CN(Cc1ccccc1)S(=O)(=O)N1[C@@H]2[C@H]3CC[C@@H](C3)[C@@H]21. The zero-order valence-corrected chi connectivity index (χ0v) is 12.5. The van der Waals surface area contributed by atoms with Gasteiger partial charge in [-0.05, 0) is 36.7 Å². The first-order chi connectivity index (χ1) is 9.59. The van der Waals surface area contributed by atoms with Crippen molar-refractivity contribution in [3.63, 3.8) is 0 Å². The highest BCUT2D eigenvalue weighted by atomic mass is 32.2. The molecule has 0 radical (unpaired) electrons. The van der Waals surface area contributed by atoms with E-state index < -0.39 is 10.2 Å². The van der Waals surface area contributed by atoms with Gasteiger partial charge in [-0.25, -0.2) is 0 Å². The molecule has 2 bridgehead atoms. The van der Waals surface area contributed by atoms with Gasteiger partial charge in [-0.1, -0.05) is 30.3 Å². The Kier molecular flexibility index (Phi) is 2.75. The van der Waals surface area contributed by atoms with Gasteiger partial charge < -0.3 is 0 Å². The van der Waals surface area contributed by atoms with E-state index in [1.807, 2.05) is 30.3 Å². The fourth-order valence-electron chi connectivity index (χ4n) is 4.28. The molecule has 4 rings (SSSR count). The fourth-order valence-corrected chi connectivity index (χ4v) is 6.07. The minimum absolute atomic E-state index is 0.317. The van der Waals surface area contributed by atoms with Crippen molar-refractivity contribution in [2.24, 2.45) is 11.8 Å². The third-order valence-electron chi connectivity index (χ3n) is 5.24. The normalized spacial score (nSPS) is 38.2. The first kappa shape index (κ1) is 12.8. The highest BCUT2D eigenvalue weighted by Crippen LogP contribution is 2.59. The summed E-state index contributed by atoms with van der Waals surface area (Å²) in [5, 5.41) is 0. The van der Waals surface area contributed by atoms with Crippen LogP contribution < -0.4 is 0 Å². The van der Waals surface area contributed by atoms with Crippen LogP contribution >= 0.6 is 0 Å². The van der Waals surface area contributed by atoms with Crippen molar-refractivity contribution < 1.29 is 8.42 Å². The van der Waals surface area contributed by atoms with Crippen LogP contribution in [0.3, 0.4) is 0 Å². The molecule has 0 N–H and O–H groups in total. The average molecular weight is 292 g/mol. The minimum atomic E-state index is -3.28. The molecular formula is C15H20N2O2S. The van der Waals surface area contributed by atoms with Crippen molar-refractivity contribution in [2.75, 3.05) is 7.05 Å². The molecule has 1 heterocycles. The lowest BCUT2D eigenvalue weighted by Gasteiger charge is -2.21. The second-order valence-electron chi connectivity index (χ2n) is 6.39. The van der Waals surface area contributed by atoms with E-state index in [9.17, 15) is 8.42 Å². The summed E-state index contributed by atoms with van der Waals surface area (Å²) >= 11 is 0. The Hall–Kier alpha value is -0.910. The highest BCUT2D eigenvalue weighted by molar-refractivity contribution is 7.87. The molecule has 5 heteroatoms. The van der Waals surface area contributed by atoms with Crippen molar-refractivity contribution in [1.29, 1.82) is 0 Å².